The number of ether oxygens (including phenoxy) is 1. The monoisotopic (exact) mass is 291 g/mol. The van der Waals surface area contributed by atoms with Gasteiger partial charge in [0.2, 0.25) is 5.13 Å². The van der Waals surface area contributed by atoms with Gasteiger partial charge in [0.1, 0.15) is 0 Å². The van der Waals surface area contributed by atoms with Crippen LogP contribution >= 0.6 is 11.3 Å². The summed E-state index contributed by atoms with van der Waals surface area (Å²) in [5, 5.41) is 2.66. The number of hydrogen-bond donors (Lipinski definition) is 1. The lowest BCUT2D eigenvalue weighted by atomic mass is 10.2. The number of esters is 1. The highest BCUT2D eigenvalue weighted by Gasteiger charge is 2.19. The zero-order valence-electron chi connectivity index (χ0n) is 10.8. The van der Waals surface area contributed by atoms with Crippen molar-refractivity contribution in [2.45, 2.75) is 6.92 Å². The highest BCUT2D eigenvalue weighted by molar-refractivity contribution is 7.14. The van der Waals surface area contributed by atoms with Crippen LogP contribution in [0.2, 0.25) is 0 Å². The quantitative estimate of drug-likeness (QED) is 0.402. The molecule has 2 aromatic rings. The first kappa shape index (κ1) is 14.2. The standard InChI is InChI=1S/C13H13N3O3S/c1-2-19-12(18)10-8-20-13(15-10)16(14)11(17)9-6-4-3-5-7-9/h3-8H,2,14H2,1H3. The molecule has 0 aliphatic carbocycles. The predicted molar refractivity (Wildman–Crippen MR) is 75.5 cm³/mol. The summed E-state index contributed by atoms with van der Waals surface area (Å²) in [6, 6.07) is 8.60. The first-order chi connectivity index (χ1) is 9.63. The first-order valence-corrected chi connectivity index (χ1v) is 6.78. The van der Waals surface area contributed by atoms with Crippen molar-refractivity contribution >= 4 is 28.3 Å². The molecule has 2 rings (SSSR count). The fourth-order valence-electron chi connectivity index (χ4n) is 1.48. The summed E-state index contributed by atoms with van der Waals surface area (Å²) in [6.45, 7) is 1.97. The molecular weight excluding hydrogens is 278 g/mol. The summed E-state index contributed by atoms with van der Waals surface area (Å²) < 4.78 is 4.83. The van der Waals surface area contributed by atoms with Crippen molar-refractivity contribution in [3.05, 3.63) is 47.0 Å². The molecule has 0 aliphatic rings. The number of anilines is 1. The molecule has 0 saturated carbocycles. The number of carbonyl (C=O) groups excluding carboxylic acids is 2. The van der Waals surface area contributed by atoms with E-state index in [0.717, 1.165) is 16.3 Å². The number of rotatable bonds is 4. The average Bonchev–Trinajstić information content (AvgIpc) is 2.97. The molecule has 0 radical (unpaired) electrons. The van der Waals surface area contributed by atoms with Crippen LogP contribution in [0.1, 0.15) is 27.8 Å². The van der Waals surface area contributed by atoms with E-state index in [-0.39, 0.29) is 17.4 Å². The van der Waals surface area contributed by atoms with Gasteiger partial charge >= 0.3 is 5.97 Å². The molecule has 0 bridgehead atoms. The second-order valence-electron chi connectivity index (χ2n) is 3.78. The molecule has 0 aliphatic heterocycles. The Morgan fingerprint density at radius 2 is 2.05 bits per heavy atom. The zero-order chi connectivity index (χ0) is 14.5. The average molecular weight is 291 g/mol. The van der Waals surface area contributed by atoms with Gasteiger partial charge in [0.15, 0.2) is 5.69 Å². The highest BCUT2D eigenvalue weighted by atomic mass is 32.1. The number of benzene rings is 1. The Labute approximate surface area is 119 Å². The Morgan fingerprint density at radius 3 is 2.70 bits per heavy atom. The van der Waals surface area contributed by atoms with Crippen LogP contribution in [0.4, 0.5) is 5.13 Å². The summed E-state index contributed by atoms with van der Waals surface area (Å²) in [4.78, 5) is 27.6. The molecule has 6 nitrogen and oxygen atoms in total. The maximum Gasteiger partial charge on any atom is 0.357 e. The van der Waals surface area contributed by atoms with Gasteiger partial charge in [-0.2, -0.15) is 0 Å². The van der Waals surface area contributed by atoms with E-state index in [9.17, 15) is 9.59 Å². The number of aromatic nitrogens is 1. The van der Waals surface area contributed by atoms with E-state index in [1.807, 2.05) is 0 Å². The smallest absolute Gasteiger partial charge is 0.357 e. The van der Waals surface area contributed by atoms with Crippen molar-refractivity contribution in [1.82, 2.24) is 4.98 Å². The van der Waals surface area contributed by atoms with Crippen LogP contribution in [-0.4, -0.2) is 23.5 Å². The van der Waals surface area contributed by atoms with Crippen LogP contribution in [0.5, 0.6) is 0 Å². The molecule has 0 fully saturated rings. The number of carbonyl (C=O) groups is 2. The molecule has 7 heteroatoms. The van der Waals surface area contributed by atoms with Crippen LogP contribution in [-0.2, 0) is 4.74 Å². The fourth-order valence-corrected chi connectivity index (χ4v) is 2.19. The van der Waals surface area contributed by atoms with Crippen LogP contribution in [0, 0.1) is 0 Å². The normalized spacial score (nSPS) is 10.1. The summed E-state index contributed by atoms with van der Waals surface area (Å²) >= 11 is 1.10. The third kappa shape index (κ3) is 3.01. The zero-order valence-corrected chi connectivity index (χ0v) is 11.6. The van der Waals surface area contributed by atoms with E-state index in [0.29, 0.717) is 5.56 Å². The molecule has 0 saturated heterocycles. The number of hydrogen-bond acceptors (Lipinski definition) is 6. The number of amides is 1. The lowest BCUT2D eigenvalue weighted by Crippen LogP contribution is -2.37. The summed E-state index contributed by atoms with van der Waals surface area (Å²) in [5.74, 6) is 4.81. The van der Waals surface area contributed by atoms with Gasteiger partial charge < -0.3 is 4.74 Å². The topological polar surface area (TPSA) is 85.5 Å². The van der Waals surface area contributed by atoms with Gasteiger partial charge in [-0.25, -0.2) is 20.6 Å². The van der Waals surface area contributed by atoms with E-state index >= 15 is 0 Å². The minimum atomic E-state index is -0.532. The third-order valence-electron chi connectivity index (χ3n) is 2.42. The Morgan fingerprint density at radius 1 is 1.35 bits per heavy atom. The maximum absolute atomic E-state index is 12.1. The van der Waals surface area contributed by atoms with Crippen LogP contribution in [0.25, 0.3) is 0 Å². The van der Waals surface area contributed by atoms with Gasteiger partial charge in [-0.05, 0) is 19.1 Å². The van der Waals surface area contributed by atoms with Gasteiger partial charge in [0.25, 0.3) is 5.91 Å². The lowest BCUT2D eigenvalue weighted by molar-refractivity contribution is 0.0520. The lowest BCUT2D eigenvalue weighted by Gasteiger charge is -2.12. The molecule has 1 amide bonds. The Kier molecular flexibility index (Phi) is 4.44. The van der Waals surface area contributed by atoms with Gasteiger partial charge in [0, 0.05) is 10.9 Å². The van der Waals surface area contributed by atoms with E-state index in [2.05, 4.69) is 4.98 Å². The van der Waals surface area contributed by atoms with Crippen molar-refractivity contribution in [1.29, 1.82) is 0 Å². The molecule has 0 spiro atoms. The van der Waals surface area contributed by atoms with Crippen molar-refractivity contribution in [2.75, 3.05) is 11.6 Å². The van der Waals surface area contributed by atoms with Crippen molar-refractivity contribution in [2.24, 2.45) is 5.84 Å². The van der Waals surface area contributed by atoms with Gasteiger partial charge in [-0.1, -0.05) is 18.2 Å². The predicted octanol–water partition coefficient (Wildman–Crippen LogP) is 1.84. The maximum atomic E-state index is 12.1. The fraction of sp³-hybridized carbons (Fsp3) is 0.154. The van der Waals surface area contributed by atoms with Gasteiger partial charge in [-0.3, -0.25) is 4.79 Å². The Balaban J connectivity index is 2.16. The molecule has 20 heavy (non-hydrogen) atoms. The van der Waals surface area contributed by atoms with Crippen LogP contribution < -0.4 is 10.9 Å². The second-order valence-corrected chi connectivity index (χ2v) is 4.61. The van der Waals surface area contributed by atoms with Crippen LogP contribution in [0.3, 0.4) is 0 Å². The SMILES string of the molecule is CCOC(=O)c1csc(N(N)C(=O)c2ccccc2)n1. The molecule has 1 aromatic carbocycles. The Hall–Kier alpha value is -2.25. The highest BCUT2D eigenvalue weighted by Crippen LogP contribution is 2.20. The van der Waals surface area contributed by atoms with E-state index < -0.39 is 11.9 Å². The molecule has 1 heterocycles. The minimum Gasteiger partial charge on any atom is -0.461 e. The number of nitrogens with zero attached hydrogens (tertiary/aromatic N) is 2. The minimum absolute atomic E-state index is 0.142. The summed E-state index contributed by atoms with van der Waals surface area (Å²) in [6.07, 6.45) is 0. The van der Waals surface area contributed by atoms with Gasteiger partial charge in [-0.15, -0.1) is 11.3 Å². The van der Waals surface area contributed by atoms with Crippen molar-refractivity contribution in [3.8, 4) is 0 Å². The van der Waals surface area contributed by atoms with Gasteiger partial charge in [0.05, 0.1) is 6.61 Å². The molecule has 2 N–H and O–H groups in total. The second kappa shape index (κ2) is 6.27. The number of hydrazine groups is 1. The molecule has 104 valence electrons. The molecule has 1 aromatic heterocycles. The molecule has 0 unspecified atom stereocenters. The summed E-state index contributed by atoms with van der Waals surface area (Å²) in [7, 11) is 0. The molecule has 0 atom stereocenters. The number of nitrogens with two attached hydrogens (primary N) is 1. The first-order valence-electron chi connectivity index (χ1n) is 5.90. The largest absolute Gasteiger partial charge is 0.461 e. The third-order valence-corrected chi connectivity index (χ3v) is 3.26. The Bertz CT molecular complexity index is 612. The molecular formula is C13H13N3O3S. The van der Waals surface area contributed by atoms with Crippen LogP contribution in [0.15, 0.2) is 35.7 Å². The van der Waals surface area contributed by atoms with E-state index in [4.69, 9.17) is 10.6 Å². The van der Waals surface area contributed by atoms with E-state index in [1.54, 1.807) is 37.3 Å². The van der Waals surface area contributed by atoms with Crippen molar-refractivity contribution < 1.29 is 14.3 Å². The van der Waals surface area contributed by atoms with Crippen molar-refractivity contribution in [3.63, 3.8) is 0 Å². The van der Waals surface area contributed by atoms with E-state index in [1.165, 1.54) is 5.38 Å². The number of thiazole rings is 1. The summed E-state index contributed by atoms with van der Waals surface area (Å²) in [5.41, 5.74) is 0.589.